The second-order valence-electron chi connectivity index (χ2n) is 4.83. The molecular weight excluding hydrogens is 258 g/mol. The number of nitrogens with one attached hydrogen (secondary N) is 1. The first-order valence-corrected chi connectivity index (χ1v) is 6.62. The lowest BCUT2D eigenvalue weighted by atomic mass is 10.2. The van der Waals surface area contributed by atoms with Crippen LogP contribution < -0.4 is 16.7 Å². The first-order valence-electron chi connectivity index (χ1n) is 6.62. The SMILES string of the molecule is CC(CN)CNC(=O)CCn1nc2ccccn2c1=O. The van der Waals surface area contributed by atoms with Crippen molar-refractivity contribution in [2.24, 2.45) is 11.7 Å². The molecule has 7 nitrogen and oxygen atoms in total. The van der Waals surface area contributed by atoms with Gasteiger partial charge in [-0.3, -0.25) is 9.20 Å². The molecule has 7 heteroatoms. The van der Waals surface area contributed by atoms with Crippen molar-refractivity contribution in [1.82, 2.24) is 19.5 Å². The molecule has 108 valence electrons. The highest BCUT2D eigenvalue weighted by Crippen LogP contribution is 1.96. The Kier molecular flexibility index (Phi) is 4.52. The Labute approximate surface area is 116 Å². The summed E-state index contributed by atoms with van der Waals surface area (Å²) in [4.78, 5) is 23.6. The third-order valence-electron chi connectivity index (χ3n) is 3.09. The summed E-state index contributed by atoms with van der Waals surface area (Å²) in [6, 6.07) is 5.33. The van der Waals surface area contributed by atoms with Crippen LogP contribution in [0.1, 0.15) is 13.3 Å². The van der Waals surface area contributed by atoms with E-state index in [1.165, 1.54) is 9.08 Å². The zero-order chi connectivity index (χ0) is 14.5. The predicted molar refractivity (Wildman–Crippen MR) is 75.3 cm³/mol. The van der Waals surface area contributed by atoms with Crippen LogP contribution in [-0.2, 0) is 11.3 Å². The normalized spacial score (nSPS) is 12.5. The molecule has 1 amide bonds. The highest BCUT2D eigenvalue weighted by Gasteiger charge is 2.09. The number of fused-ring (bicyclic) bond motifs is 1. The fourth-order valence-electron chi connectivity index (χ4n) is 1.78. The van der Waals surface area contributed by atoms with Crippen LogP contribution in [0.15, 0.2) is 29.2 Å². The van der Waals surface area contributed by atoms with Crippen LogP contribution in [0.5, 0.6) is 0 Å². The van der Waals surface area contributed by atoms with Crippen molar-refractivity contribution >= 4 is 11.6 Å². The number of pyridine rings is 1. The maximum absolute atomic E-state index is 12.0. The Morgan fingerprint density at radius 2 is 2.30 bits per heavy atom. The van der Waals surface area contributed by atoms with E-state index in [4.69, 9.17) is 5.73 Å². The molecule has 2 aromatic heterocycles. The summed E-state index contributed by atoms with van der Waals surface area (Å²) in [5.41, 5.74) is 5.82. The average molecular weight is 277 g/mol. The third kappa shape index (κ3) is 3.24. The lowest BCUT2D eigenvalue weighted by Crippen LogP contribution is -2.32. The zero-order valence-corrected chi connectivity index (χ0v) is 11.5. The van der Waals surface area contributed by atoms with Crippen LogP contribution in [0.4, 0.5) is 0 Å². The van der Waals surface area contributed by atoms with Crippen molar-refractivity contribution in [3.8, 4) is 0 Å². The highest BCUT2D eigenvalue weighted by molar-refractivity contribution is 5.75. The summed E-state index contributed by atoms with van der Waals surface area (Å²) in [6.07, 6.45) is 1.88. The summed E-state index contributed by atoms with van der Waals surface area (Å²) in [7, 11) is 0. The summed E-state index contributed by atoms with van der Waals surface area (Å²) >= 11 is 0. The molecule has 0 aliphatic rings. The molecule has 0 radical (unpaired) electrons. The van der Waals surface area contributed by atoms with E-state index in [1.807, 2.05) is 13.0 Å². The lowest BCUT2D eigenvalue weighted by Gasteiger charge is -2.09. The molecule has 0 saturated carbocycles. The Morgan fingerprint density at radius 1 is 1.50 bits per heavy atom. The molecule has 2 heterocycles. The van der Waals surface area contributed by atoms with Gasteiger partial charge in [-0.25, -0.2) is 9.48 Å². The van der Waals surface area contributed by atoms with E-state index in [-0.39, 0.29) is 30.5 Å². The molecule has 3 N–H and O–H groups in total. The van der Waals surface area contributed by atoms with Gasteiger partial charge in [0.15, 0.2) is 5.65 Å². The van der Waals surface area contributed by atoms with Crippen molar-refractivity contribution < 1.29 is 4.79 Å². The number of hydrogen-bond acceptors (Lipinski definition) is 4. The van der Waals surface area contributed by atoms with Gasteiger partial charge in [-0.2, -0.15) is 0 Å². The molecule has 2 aromatic rings. The summed E-state index contributed by atoms with van der Waals surface area (Å²) in [5, 5.41) is 6.95. The fourth-order valence-corrected chi connectivity index (χ4v) is 1.78. The minimum absolute atomic E-state index is 0.103. The standard InChI is InChI=1S/C13H19N5O2/c1-10(8-14)9-15-12(19)5-7-18-13(20)17-6-3-2-4-11(17)16-18/h2-4,6,10H,5,7-9,14H2,1H3,(H,15,19). The number of carbonyl (C=O) groups is 1. The van der Waals surface area contributed by atoms with Crippen molar-refractivity contribution in [3.05, 3.63) is 34.9 Å². The van der Waals surface area contributed by atoms with Crippen LogP contribution >= 0.6 is 0 Å². The van der Waals surface area contributed by atoms with Gasteiger partial charge in [0.1, 0.15) is 0 Å². The molecule has 2 rings (SSSR count). The van der Waals surface area contributed by atoms with E-state index >= 15 is 0 Å². The molecule has 1 unspecified atom stereocenters. The lowest BCUT2D eigenvalue weighted by molar-refractivity contribution is -0.121. The smallest absolute Gasteiger partial charge is 0.350 e. The molecule has 0 aromatic carbocycles. The monoisotopic (exact) mass is 277 g/mol. The number of carbonyl (C=O) groups excluding carboxylic acids is 1. The maximum atomic E-state index is 12.0. The largest absolute Gasteiger partial charge is 0.356 e. The van der Waals surface area contributed by atoms with E-state index in [0.29, 0.717) is 18.7 Å². The number of nitrogens with two attached hydrogens (primary N) is 1. The van der Waals surface area contributed by atoms with E-state index in [9.17, 15) is 9.59 Å². The maximum Gasteiger partial charge on any atom is 0.350 e. The number of nitrogens with zero attached hydrogens (tertiary/aromatic N) is 3. The molecule has 0 spiro atoms. The van der Waals surface area contributed by atoms with Crippen molar-refractivity contribution in [2.75, 3.05) is 13.1 Å². The molecule has 0 bridgehead atoms. The topological polar surface area (TPSA) is 94.4 Å². The van der Waals surface area contributed by atoms with Gasteiger partial charge >= 0.3 is 5.69 Å². The van der Waals surface area contributed by atoms with E-state index in [1.54, 1.807) is 18.3 Å². The van der Waals surface area contributed by atoms with Gasteiger partial charge in [-0.1, -0.05) is 13.0 Å². The summed E-state index contributed by atoms with van der Waals surface area (Å²) < 4.78 is 2.76. The van der Waals surface area contributed by atoms with Gasteiger partial charge in [0, 0.05) is 19.2 Å². The second kappa shape index (κ2) is 6.33. The number of rotatable bonds is 6. The van der Waals surface area contributed by atoms with Crippen LogP contribution in [0.2, 0.25) is 0 Å². The quantitative estimate of drug-likeness (QED) is 0.751. The van der Waals surface area contributed by atoms with Crippen LogP contribution in [0.3, 0.4) is 0 Å². The number of aromatic nitrogens is 3. The Morgan fingerprint density at radius 3 is 3.00 bits per heavy atom. The van der Waals surface area contributed by atoms with E-state index < -0.39 is 0 Å². The predicted octanol–water partition coefficient (Wildman–Crippen LogP) is -0.403. The molecule has 0 saturated heterocycles. The van der Waals surface area contributed by atoms with Gasteiger partial charge in [0.25, 0.3) is 0 Å². The summed E-state index contributed by atoms with van der Waals surface area (Å²) in [5.74, 6) is 0.145. The highest BCUT2D eigenvalue weighted by atomic mass is 16.2. The third-order valence-corrected chi connectivity index (χ3v) is 3.09. The first kappa shape index (κ1) is 14.3. The Hall–Kier alpha value is -2.15. The zero-order valence-electron chi connectivity index (χ0n) is 11.5. The van der Waals surface area contributed by atoms with Gasteiger partial charge in [-0.05, 0) is 24.6 Å². The Bertz CT molecular complexity index is 645. The molecular formula is C13H19N5O2. The summed E-state index contributed by atoms with van der Waals surface area (Å²) in [6.45, 7) is 3.32. The van der Waals surface area contributed by atoms with E-state index in [2.05, 4.69) is 10.4 Å². The van der Waals surface area contributed by atoms with Crippen LogP contribution in [-0.4, -0.2) is 33.2 Å². The van der Waals surface area contributed by atoms with Crippen LogP contribution in [0.25, 0.3) is 5.65 Å². The van der Waals surface area contributed by atoms with Gasteiger partial charge < -0.3 is 11.1 Å². The number of amides is 1. The second-order valence-corrected chi connectivity index (χ2v) is 4.83. The number of hydrogen-bond donors (Lipinski definition) is 2. The average Bonchev–Trinajstić information content (AvgIpc) is 2.79. The van der Waals surface area contributed by atoms with Gasteiger partial charge in [-0.15, -0.1) is 5.10 Å². The van der Waals surface area contributed by atoms with Gasteiger partial charge in [0.05, 0.1) is 6.54 Å². The molecule has 0 fully saturated rings. The Balaban J connectivity index is 1.94. The van der Waals surface area contributed by atoms with Crippen LogP contribution in [0, 0.1) is 5.92 Å². The van der Waals surface area contributed by atoms with Crippen molar-refractivity contribution in [2.45, 2.75) is 19.9 Å². The van der Waals surface area contributed by atoms with E-state index in [0.717, 1.165) is 0 Å². The minimum atomic E-state index is -0.233. The fraction of sp³-hybridized carbons (Fsp3) is 0.462. The molecule has 0 aliphatic carbocycles. The first-order chi connectivity index (χ1) is 9.61. The van der Waals surface area contributed by atoms with Gasteiger partial charge in [0.2, 0.25) is 5.91 Å². The van der Waals surface area contributed by atoms with Crippen molar-refractivity contribution in [1.29, 1.82) is 0 Å². The molecule has 20 heavy (non-hydrogen) atoms. The van der Waals surface area contributed by atoms with Crippen molar-refractivity contribution in [3.63, 3.8) is 0 Å². The minimum Gasteiger partial charge on any atom is -0.356 e. The molecule has 1 atom stereocenters. The number of aryl methyl sites for hydroxylation is 1. The molecule has 0 aliphatic heterocycles.